The first kappa shape index (κ1) is 9.26. The minimum atomic E-state index is 0. The molecule has 1 rings (SSSR count). The third-order valence-electron chi connectivity index (χ3n) is 1.04. The summed E-state index contributed by atoms with van der Waals surface area (Å²) in [6.07, 6.45) is 0. The Labute approximate surface area is 65.2 Å². The summed E-state index contributed by atoms with van der Waals surface area (Å²) in [6.45, 7) is 0.469. The van der Waals surface area contributed by atoms with Crippen molar-refractivity contribution in [3.63, 3.8) is 0 Å². The molecule has 0 aliphatic heterocycles. The van der Waals surface area contributed by atoms with Gasteiger partial charge in [-0.15, -0.1) is 17.5 Å². The van der Waals surface area contributed by atoms with Gasteiger partial charge in [0.15, 0.2) is 0 Å². The van der Waals surface area contributed by atoms with Crippen molar-refractivity contribution in [3.05, 3.63) is 11.8 Å². The number of nitrogens with zero attached hydrogens (tertiary/aromatic N) is 1. The molecule has 0 fully saturated rings. The van der Waals surface area contributed by atoms with Crippen molar-refractivity contribution in [1.82, 2.24) is 10.2 Å². The zero-order chi connectivity index (χ0) is 6.69. The minimum Gasteiger partial charge on any atom is -0.480 e. The number of aromatic nitrogens is 2. The van der Waals surface area contributed by atoms with E-state index >= 15 is 0 Å². The van der Waals surface area contributed by atoms with Crippen molar-refractivity contribution in [2.24, 2.45) is 5.73 Å². The summed E-state index contributed by atoms with van der Waals surface area (Å²) in [7, 11) is 1.57. The Morgan fingerprint density at radius 1 is 1.80 bits per heavy atom. The highest BCUT2D eigenvalue weighted by molar-refractivity contribution is 5.85. The van der Waals surface area contributed by atoms with E-state index in [0.717, 1.165) is 5.69 Å². The van der Waals surface area contributed by atoms with Crippen molar-refractivity contribution in [3.8, 4) is 5.88 Å². The fourth-order valence-electron chi connectivity index (χ4n) is 0.550. The second-order valence-electron chi connectivity index (χ2n) is 1.64. The lowest BCUT2D eigenvalue weighted by Crippen LogP contribution is -1.95. The van der Waals surface area contributed by atoms with Crippen molar-refractivity contribution in [2.75, 3.05) is 7.11 Å². The number of halogens is 1. The molecule has 5 heteroatoms. The molecule has 0 aliphatic carbocycles. The molecule has 0 spiro atoms. The number of rotatable bonds is 2. The van der Waals surface area contributed by atoms with Crippen molar-refractivity contribution < 1.29 is 4.74 Å². The molecule has 58 valence electrons. The zero-order valence-corrected chi connectivity index (χ0v) is 6.44. The highest BCUT2D eigenvalue weighted by Gasteiger charge is 1.95. The lowest BCUT2D eigenvalue weighted by atomic mass is 10.4. The molecule has 0 bridgehead atoms. The van der Waals surface area contributed by atoms with Crippen LogP contribution in [0, 0.1) is 0 Å². The fourth-order valence-corrected chi connectivity index (χ4v) is 0.550. The summed E-state index contributed by atoms with van der Waals surface area (Å²) in [6, 6.07) is 1.76. The van der Waals surface area contributed by atoms with E-state index in [9.17, 15) is 0 Å². The normalized spacial score (nSPS) is 8.60. The number of nitrogens with two attached hydrogens (primary N) is 1. The molecular formula is C5H10ClN3O. The molecule has 1 aromatic rings. The number of hydrogen-bond donors (Lipinski definition) is 2. The van der Waals surface area contributed by atoms with E-state index < -0.39 is 0 Å². The van der Waals surface area contributed by atoms with E-state index in [1.54, 1.807) is 13.2 Å². The molecule has 0 saturated carbocycles. The van der Waals surface area contributed by atoms with E-state index in [1.165, 1.54) is 0 Å². The molecule has 1 aromatic heterocycles. The van der Waals surface area contributed by atoms with Crippen LogP contribution in [-0.4, -0.2) is 17.3 Å². The number of ether oxygens (including phenoxy) is 1. The van der Waals surface area contributed by atoms with Crippen LogP contribution in [0.3, 0.4) is 0 Å². The first-order chi connectivity index (χ1) is 4.36. The van der Waals surface area contributed by atoms with Gasteiger partial charge >= 0.3 is 0 Å². The lowest BCUT2D eigenvalue weighted by Gasteiger charge is -1.85. The molecule has 0 aliphatic rings. The number of H-pyrrole nitrogens is 1. The van der Waals surface area contributed by atoms with Gasteiger partial charge in [0.05, 0.1) is 12.8 Å². The average Bonchev–Trinajstić information content (AvgIpc) is 2.34. The highest BCUT2D eigenvalue weighted by atomic mass is 35.5. The van der Waals surface area contributed by atoms with E-state index in [2.05, 4.69) is 10.2 Å². The van der Waals surface area contributed by atoms with Crippen LogP contribution in [0.15, 0.2) is 6.07 Å². The van der Waals surface area contributed by atoms with Gasteiger partial charge < -0.3 is 10.5 Å². The molecule has 1 heterocycles. The van der Waals surface area contributed by atoms with Crippen LogP contribution in [0.1, 0.15) is 5.69 Å². The molecule has 0 aromatic carbocycles. The van der Waals surface area contributed by atoms with E-state index in [0.29, 0.717) is 12.4 Å². The van der Waals surface area contributed by atoms with Gasteiger partial charge in [-0.3, -0.25) is 5.10 Å². The second-order valence-corrected chi connectivity index (χ2v) is 1.64. The van der Waals surface area contributed by atoms with Crippen LogP contribution in [0.25, 0.3) is 0 Å². The van der Waals surface area contributed by atoms with Crippen LogP contribution >= 0.6 is 12.4 Å². The Bertz CT molecular complexity index is 170. The summed E-state index contributed by atoms with van der Waals surface area (Å²) in [5.41, 5.74) is 6.17. The maximum absolute atomic E-state index is 5.29. The van der Waals surface area contributed by atoms with Crippen molar-refractivity contribution >= 4 is 12.4 Å². The Kier molecular flexibility index (Phi) is 3.83. The molecule has 4 nitrogen and oxygen atoms in total. The standard InChI is InChI=1S/C5H9N3O.ClH/c1-9-5-2-4(3-6)7-8-5;/h2H,3,6H2,1H3,(H,7,8);1H. The maximum Gasteiger partial charge on any atom is 0.232 e. The Morgan fingerprint density at radius 3 is 2.80 bits per heavy atom. The summed E-state index contributed by atoms with van der Waals surface area (Å²) in [5, 5.41) is 6.48. The Balaban J connectivity index is 0.000000810. The van der Waals surface area contributed by atoms with Crippen LogP contribution in [0.4, 0.5) is 0 Å². The van der Waals surface area contributed by atoms with Crippen LogP contribution < -0.4 is 10.5 Å². The third-order valence-corrected chi connectivity index (χ3v) is 1.04. The van der Waals surface area contributed by atoms with Crippen LogP contribution in [0.2, 0.25) is 0 Å². The molecule has 0 amide bonds. The first-order valence-electron chi connectivity index (χ1n) is 2.65. The van der Waals surface area contributed by atoms with E-state index in [-0.39, 0.29) is 12.4 Å². The SMILES string of the molecule is COc1cc(CN)[nH]n1.Cl. The molecule has 3 N–H and O–H groups in total. The third kappa shape index (κ3) is 1.89. The molecule has 0 saturated heterocycles. The maximum atomic E-state index is 5.29. The number of nitrogens with one attached hydrogen (secondary N) is 1. The smallest absolute Gasteiger partial charge is 0.232 e. The molecular weight excluding hydrogens is 154 g/mol. The number of aromatic amines is 1. The summed E-state index contributed by atoms with van der Waals surface area (Å²) < 4.78 is 4.80. The number of hydrogen-bond acceptors (Lipinski definition) is 3. The summed E-state index contributed by atoms with van der Waals surface area (Å²) >= 11 is 0. The van der Waals surface area contributed by atoms with Gasteiger partial charge in [0.1, 0.15) is 0 Å². The summed E-state index contributed by atoms with van der Waals surface area (Å²) in [4.78, 5) is 0. The fraction of sp³-hybridized carbons (Fsp3) is 0.400. The average molecular weight is 164 g/mol. The molecule has 0 atom stereocenters. The molecule has 10 heavy (non-hydrogen) atoms. The van der Waals surface area contributed by atoms with Gasteiger partial charge in [-0.25, -0.2) is 0 Å². The topological polar surface area (TPSA) is 63.9 Å². The lowest BCUT2D eigenvalue weighted by molar-refractivity contribution is 0.397. The molecule has 0 unspecified atom stereocenters. The Hall–Kier alpha value is -0.740. The highest BCUT2D eigenvalue weighted by Crippen LogP contribution is 2.04. The Morgan fingerprint density at radius 2 is 2.50 bits per heavy atom. The number of methoxy groups -OCH3 is 1. The van der Waals surface area contributed by atoms with Gasteiger partial charge in [0, 0.05) is 12.6 Å². The van der Waals surface area contributed by atoms with Gasteiger partial charge in [-0.05, 0) is 0 Å². The quantitative estimate of drug-likeness (QED) is 0.659. The zero-order valence-electron chi connectivity index (χ0n) is 5.63. The summed E-state index contributed by atoms with van der Waals surface area (Å²) in [5.74, 6) is 0.579. The van der Waals surface area contributed by atoms with Crippen LogP contribution in [0.5, 0.6) is 5.88 Å². The molecule has 0 radical (unpaired) electrons. The predicted molar refractivity (Wildman–Crippen MR) is 40.3 cm³/mol. The van der Waals surface area contributed by atoms with E-state index in [4.69, 9.17) is 10.5 Å². The van der Waals surface area contributed by atoms with Crippen molar-refractivity contribution in [2.45, 2.75) is 6.54 Å². The van der Waals surface area contributed by atoms with Gasteiger partial charge in [-0.2, -0.15) is 0 Å². The largest absolute Gasteiger partial charge is 0.480 e. The predicted octanol–water partition coefficient (Wildman–Crippen LogP) is 0.299. The van der Waals surface area contributed by atoms with Gasteiger partial charge in [0.25, 0.3) is 0 Å². The van der Waals surface area contributed by atoms with Gasteiger partial charge in [0.2, 0.25) is 5.88 Å². The van der Waals surface area contributed by atoms with Crippen LogP contribution in [-0.2, 0) is 6.54 Å². The monoisotopic (exact) mass is 163 g/mol. The van der Waals surface area contributed by atoms with E-state index in [1.807, 2.05) is 0 Å². The minimum absolute atomic E-state index is 0. The van der Waals surface area contributed by atoms with Gasteiger partial charge in [-0.1, -0.05) is 0 Å². The second kappa shape index (κ2) is 4.14. The van der Waals surface area contributed by atoms with Crippen molar-refractivity contribution in [1.29, 1.82) is 0 Å². The first-order valence-corrected chi connectivity index (χ1v) is 2.65.